The maximum atomic E-state index is 4.89. The molecule has 4 aromatic heterocycles. The average Bonchev–Trinajstić information content (AvgIpc) is 3.52. The number of pyridine rings is 2. The van der Waals surface area contributed by atoms with E-state index in [9.17, 15) is 0 Å². The molecule has 8 nitrogen and oxygen atoms in total. The van der Waals surface area contributed by atoms with Crippen molar-refractivity contribution in [1.82, 2.24) is 39.5 Å². The van der Waals surface area contributed by atoms with Crippen molar-refractivity contribution in [1.29, 1.82) is 0 Å². The van der Waals surface area contributed by atoms with Gasteiger partial charge >= 0.3 is 21.1 Å². The maximum Gasteiger partial charge on any atom is 2.00 e. The van der Waals surface area contributed by atoms with Gasteiger partial charge in [0.2, 0.25) is 0 Å². The van der Waals surface area contributed by atoms with Gasteiger partial charge in [-0.05, 0) is 50.7 Å². The fourth-order valence-electron chi connectivity index (χ4n) is 3.69. The van der Waals surface area contributed by atoms with Gasteiger partial charge in [0, 0.05) is 41.1 Å². The van der Waals surface area contributed by atoms with Crippen LogP contribution < -0.4 is 0 Å². The fourth-order valence-corrected chi connectivity index (χ4v) is 3.69. The molecule has 0 bridgehead atoms. The fraction of sp³-hybridized carbons (Fsp3) is 0.481. The average molecular weight is 666 g/mol. The summed E-state index contributed by atoms with van der Waals surface area (Å²) >= 11 is 0. The largest absolute Gasteiger partial charge is 2.00 e. The van der Waals surface area contributed by atoms with E-state index in [1.54, 1.807) is 9.36 Å². The van der Waals surface area contributed by atoms with Gasteiger partial charge in [0.25, 0.3) is 0 Å². The molecular weight excluding hydrogens is 631 g/mol. The topological polar surface area (TPSA) is 87.2 Å². The van der Waals surface area contributed by atoms with Gasteiger partial charge in [-0.2, -0.15) is 0 Å². The Morgan fingerprint density at radius 3 is 1.53 bits per heavy atom. The molecule has 0 aromatic carbocycles. The Morgan fingerprint density at radius 2 is 1.14 bits per heavy atom. The molecule has 192 valence electrons. The minimum absolute atomic E-state index is 0. The smallest absolute Gasteiger partial charge is 0.350 e. The molecule has 0 saturated carbocycles. The van der Waals surface area contributed by atoms with Crippen LogP contribution in [-0.4, -0.2) is 39.5 Å². The van der Waals surface area contributed by atoms with Gasteiger partial charge in [-0.15, -0.1) is 0 Å². The first-order valence-corrected chi connectivity index (χ1v) is 12.4. The van der Waals surface area contributed by atoms with E-state index >= 15 is 0 Å². The Balaban J connectivity index is 0.00000361. The number of rotatable bonds is 10. The predicted molar refractivity (Wildman–Crippen MR) is 134 cm³/mol. The predicted octanol–water partition coefficient (Wildman–Crippen LogP) is 4.74. The molecule has 0 unspecified atom stereocenters. The van der Waals surface area contributed by atoms with Crippen LogP contribution in [0.2, 0.25) is 0 Å². The molecule has 0 atom stereocenters. The molecule has 0 amide bonds. The van der Waals surface area contributed by atoms with Crippen molar-refractivity contribution in [3.63, 3.8) is 0 Å². The zero-order valence-electron chi connectivity index (χ0n) is 21.8. The van der Waals surface area contributed by atoms with Crippen LogP contribution in [0.1, 0.15) is 77.4 Å². The summed E-state index contributed by atoms with van der Waals surface area (Å²) in [5.41, 5.74) is 1.31. The standard InChI is InChI=1S/C27H34N8.Pt/c1-19(2)13-15-23-28-17-34(32-23)25-11-7-9-21(30-25)27(5,6)22-10-8-12-26(31-22)35-18-29-24(33-35)16-14-20(3)4;/h7-12,19-20H,13-16H2,1-6H3;/q-2;+2. The number of hydrogen-bond donors (Lipinski definition) is 0. The summed E-state index contributed by atoms with van der Waals surface area (Å²) in [5, 5.41) is 9.16. The summed E-state index contributed by atoms with van der Waals surface area (Å²) in [6.45, 7) is 13.0. The third kappa shape index (κ3) is 6.72. The monoisotopic (exact) mass is 665 g/mol. The van der Waals surface area contributed by atoms with Crippen LogP contribution in [0.3, 0.4) is 0 Å². The van der Waals surface area contributed by atoms with E-state index in [1.807, 2.05) is 36.4 Å². The van der Waals surface area contributed by atoms with E-state index in [2.05, 4.69) is 74.4 Å². The second kappa shape index (κ2) is 12.0. The molecule has 4 heterocycles. The van der Waals surface area contributed by atoms with E-state index in [1.165, 1.54) is 0 Å². The first-order valence-electron chi connectivity index (χ1n) is 12.4. The minimum atomic E-state index is -0.450. The Labute approximate surface area is 228 Å². The van der Waals surface area contributed by atoms with Crippen LogP contribution in [0, 0.1) is 24.5 Å². The molecule has 0 aliphatic rings. The Hall–Kier alpha value is -2.73. The molecule has 4 aromatic rings. The van der Waals surface area contributed by atoms with Gasteiger partial charge in [0.05, 0.1) is 11.6 Å². The number of aromatic nitrogens is 8. The molecule has 9 heteroatoms. The first kappa shape index (κ1) is 27.8. The van der Waals surface area contributed by atoms with Crippen LogP contribution in [0.4, 0.5) is 0 Å². The summed E-state index contributed by atoms with van der Waals surface area (Å²) in [5.74, 6) is 4.17. The quantitative estimate of drug-likeness (QED) is 0.228. The molecule has 0 saturated heterocycles. The Bertz CT molecular complexity index is 1160. The Kier molecular flexibility index (Phi) is 9.29. The SMILES string of the molecule is CC(C)CCc1n[c-]n(-c2cccc(C(C)(C)c3cccc(-n4[c-]nc(CCC(C)C)n4)n3)n2)n1.[Pt+2]. The van der Waals surface area contributed by atoms with E-state index in [0.29, 0.717) is 23.5 Å². The van der Waals surface area contributed by atoms with Crippen molar-refractivity contribution in [2.75, 3.05) is 0 Å². The van der Waals surface area contributed by atoms with Crippen molar-refractivity contribution >= 4 is 0 Å². The van der Waals surface area contributed by atoms with E-state index < -0.39 is 5.41 Å². The molecule has 0 fully saturated rings. The van der Waals surface area contributed by atoms with E-state index in [0.717, 1.165) is 48.7 Å². The zero-order chi connectivity index (χ0) is 25.0. The summed E-state index contributed by atoms with van der Waals surface area (Å²) in [6, 6.07) is 11.8. The van der Waals surface area contributed by atoms with E-state index in [-0.39, 0.29) is 21.1 Å². The second-order valence-electron chi connectivity index (χ2n) is 10.3. The molecule has 36 heavy (non-hydrogen) atoms. The van der Waals surface area contributed by atoms with Gasteiger partial charge in [-0.3, -0.25) is 9.97 Å². The molecular formula is C27H34N8Pt. The van der Waals surface area contributed by atoms with Gasteiger partial charge in [-0.1, -0.05) is 64.8 Å². The molecule has 0 aliphatic heterocycles. The molecule has 0 aliphatic carbocycles. The van der Waals surface area contributed by atoms with Gasteiger partial charge in [0.15, 0.2) is 0 Å². The summed E-state index contributed by atoms with van der Waals surface area (Å²) in [4.78, 5) is 18.5. The molecule has 4 rings (SSSR count). The van der Waals surface area contributed by atoms with Crippen LogP contribution >= 0.6 is 0 Å². The summed E-state index contributed by atoms with van der Waals surface area (Å²) in [6.07, 6.45) is 9.70. The van der Waals surface area contributed by atoms with Crippen LogP contribution in [0.15, 0.2) is 36.4 Å². The van der Waals surface area contributed by atoms with Crippen molar-refractivity contribution < 1.29 is 21.1 Å². The number of nitrogens with zero attached hydrogens (tertiary/aromatic N) is 8. The number of hydrogen-bond acceptors (Lipinski definition) is 6. The van der Waals surface area contributed by atoms with Crippen molar-refractivity contribution in [2.45, 2.75) is 72.6 Å². The molecule has 0 radical (unpaired) electrons. The number of aryl methyl sites for hydroxylation is 2. The Morgan fingerprint density at radius 1 is 0.722 bits per heavy atom. The van der Waals surface area contributed by atoms with Crippen molar-refractivity contribution in [2.24, 2.45) is 11.8 Å². The molecule has 0 spiro atoms. The zero-order valence-corrected chi connectivity index (χ0v) is 24.1. The first-order chi connectivity index (χ1) is 16.7. The second-order valence-corrected chi connectivity index (χ2v) is 10.3. The van der Waals surface area contributed by atoms with Gasteiger partial charge < -0.3 is 19.3 Å². The van der Waals surface area contributed by atoms with Crippen molar-refractivity contribution in [3.05, 3.63) is 72.1 Å². The summed E-state index contributed by atoms with van der Waals surface area (Å²) < 4.78 is 3.25. The van der Waals surface area contributed by atoms with Gasteiger partial charge in [-0.25, -0.2) is 10.2 Å². The van der Waals surface area contributed by atoms with Crippen LogP contribution in [0.25, 0.3) is 11.6 Å². The van der Waals surface area contributed by atoms with Crippen LogP contribution in [0.5, 0.6) is 0 Å². The third-order valence-electron chi connectivity index (χ3n) is 6.05. The maximum absolute atomic E-state index is 4.89. The summed E-state index contributed by atoms with van der Waals surface area (Å²) in [7, 11) is 0. The van der Waals surface area contributed by atoms with Gasteiger partial charge in [0.1, 0.15) is 0 Å². The normalized spacial score (nSPS) is 11.8. The third-order valence-corrected chi connectivity index (χ3v) is 6.05. The molecule has 0 N–H and O–H groups in total. The van der Waals surface area contributed by atoms with Crippen LogP contribution in [-0.2, 0) is 39.3 Å². The minimum Gasteiger partial charge on any atom is -0.350 e. The van der Waals surface area contributed by atoms with E-state index in [4.69, 9.17) is 9.97 Å². The van der Waals surface area contributed by atoms with Crippen molar-refractivity contribution in [3.8, 4) is 11.6 Å².